The van der Waals surface area contributed by atoms with Crippen molar-refractivity contribution < 1.29 is 13.2 Å². The number of carbonyl (C=O) groups is 1. The molecule has 0 saturated heterocycles. The summed E-state index contributed by atoms with van der Waals surface area (Å²) in [6.07, 6.45) is 0.649. The van der Waals surface area contributed by atoms with Crippen LogP contribution in [0.4, 0.5) is 11.4 Å². The van der Waals surface area contributed by atoms with E-state index < -0.39 is 15.9 Å². The van der Waals surface area contributed by atoms with Crippen molar-refractivity contribution >= 4 is 27.3 Å². The van der Waals surface area contributed by atoms with Crippen molar-refractivity contribution in [2.24, 2.45) is 0 Å². The summed E-state index contributed by atoms with van der Waals surface area (Å²) in [5.74, 6) is -0.405. The van der Waals surface area contributed by atoms with E-state index in [4.69, 9.17) is 0 Å². The average molecular weight is 409 g/mol. The van der Waals surface area contributed by atoms with E-state index in [1.807, 2.05) is 44.2 Å². The largest absolute Gasteiger partial charge is 0.325 e. The Kier molecular flexibility index (Phi) is 6.34. The maximum Gasteiger partial charge on any atom is 0.264 e. The second-order valence-electron chi connectivity index (χ2n) is 6.72. The fourth-order valence-electron chi connectivity index (χ4n) is 3.04. The number of aryl methyl sites for hydroxylation is 2. The summed E-state index contributed by atoms with van der Waals surface area (Å²) in [5.41, 5.74) is 2.95. The fraction of sp³-hybridized carbons (Fsp3) is 0.174. The number of para-hydroxylation sites is 2. The number of hydrogen-bond acceptors (Lipinski definition) is 3. The number of hydrogen-bond donors (Lipinski definition) is 1. The Morgan fingerprint density at radius 3 is 2.17 bits per heavy atom. The number of anilines is 2. The number of sulfonamides is 1. The number of nitrogens with one attached hydrogen (secondary N) is 1. The van der Waals surface area contributed by atoms with Crippen molar-refractivity contribution in [2.45, 2.75) is 25.2 Å². The minimum Gasteiger partial charge on any atom is -0.325 e. The van der Waals surface area contributed by atoms with Gasteiger partial charge in [0, 0.05) is 5.69 Å². The van der Waals surface area contributed by atoms with E-state index in [0.29, 0.717) is 17.8 Å². The Bertz CT molecular complexity index is 1080. The van der Waals surface area contributed by atoms with Gasteiger partial charge in [0.05, 0.1) is 10.6 Å². The number of nitrogens with zero attached hydrogens (tertiary/aromatic N) is 1. The lowest BCUT2D eigenvalue weighted by atomic mass is 10.1. The smallest absolute Gasteiger partial charge is 0.264 e. The molecular weight excluding hydrogens is 384 g/mol. The summed E-state index contributed by atoms with van der Waals surface area (Å²) in [4.78, 5) is 12.9. The first-order valence-electron chi connectivity index (χ1n) is 9.44. The van der Waals surface area contributed by atoms with E-state index in [0.717, 1.165) is 11.1 Å². The molecule has 0 radical (unpaired) electrons. The van der Waals surface area contributed by atoms with Crippen molar-refractivity contribution in [3.63, 3.8) is 0 Å². The maximum absolute atomic E-state index is 13.4. The molecular formula is C23H24N2O3S. The number of carbonyl (C=O) groups excluding carboxylic acids is 1. The van der Waals surface area contributed by atoms with Crippen molar-refractivity contribution in [3.8, 4) is 0 Å². The molecule has 0 atom stereocenters. The van der Waals surface area contributed by atoms with Crippen molar-refractivity contribution in [3.05, 3.63) is 90.0 Å². The summed E-state index contributed by atoms with van der Waals surface area (Å²) >= 11 is 0. The van der Waals surface area contributed by atoms with Gasteiger partial charge in [-0.25, -0.2) is 8.42 Å². The first kappa shape index (κ1) is 20.6. The van der Waals surface area contributed by atoms with Crippen LogP contribution in [-0.2, 0) is 21.2 Å². The SMILES string of the molecule is CCc1ccccc1N(CC(=O)Nc1ccccc1)S(=O)(=O)c1ccc(C)cc1. The molecule has 1 amide bonds. The third-order valence-corrected chi connectivity index (χ3v) is 6.37. The van der Waals surface area contributed by atoms with E-state index in [1.165, 1.54) is 4.31 Å². The normalized spacial score (nSPS) is 11.1. The molecule has 1 N–H and O–H groups in total. The summed E-state index contributed by atoms with van der Waals surface area (Å²) in [7, 11) is -3.92. The molecule has 0 saturated carbocycles. The zero-order valence-corrected chi connectivity index (χ0v) is 17.3. The molecule has 0 aliphatic heterocycles. The van der Waals surface area contributed by atoms with E-state index in [2.05, 4.69) is 5.32 Å². The Morgan fingerprint density at radius 2 is 1.52 bits per heavy atom. The molecule has 0 bridgehead atoms. The molecule has 0 heterocycles. The summed E-state index contributed by atoms with van der Waals surface area (Å²) < 4.78 is 28.1. The van der Waals surface area contributed by atoms with Crippen LogP contribution < -0.4 is 9.62 Å². The molecule has 0 aromatic heterocycles. The lowest BCUT2D eigenvalue weighted by Gasteiger charge is -2.26. The van der Waals surface area contributed by atoms with Gasteiger partial charge in [0.1, 0.15) is 6.54 Å². The van der Waals surface area contributed by atoms with E-state index in [1.54, 1.807) is 48.5 Å². The molecule has 29 heavy (non-hydrogen) atoms. The van der Waals surface area contributed by atoms with Crippen LogP contribution in [0.5, 0.6) is 0 Å². The fourth-order valence-corrected chi connectivity index (χ4v) is 4.50. The zero-order valence-electron chi connectivity index (χ0n) is 16.5. The van der Waals surface area contributed by atoms with Gasteiger partial charge in [0.2, 0.25) is 5.91 Å². The molecule has 0 aliphatic rings. The van der Waals surface area contributed by atoms with Crippen molar-refractivity contribution in [1.82, 2.24) is 0 Å². The molecule has 5 nitrogen and oxygen atoms in total. The Balaban J connectivity index is 2.00. The van der Waals surface area contributed by atoms with Gasteiger partial charge in [-0.1, -0.05) is 61.0 Å². The van der Waals surface area contributed by atoms with E-state index >= 15 is 0 Å². The van der Waals surface area contributed by atoms with Crippen LogP contribution in [0.2, 0.25) is 0 Å². The van der Waals surface area contributed by atoms with Crippen LogP contribution in [0.3, 0.4) is 0 Å². The highest BCUT2D eigenvalue weighted by Gasteiger charge is 2.28. The second-order valence-corrected chi connectivity index (χ2v) is 8.58. The predicted octanol–water partition coefficient (Wildman–Crippen LogP) is 4.39. The molecule has 0 spiro atoms. The summed E-state index contributed by atoms with van der Waals surface area (Å²) in [6, 6.07) is 22.9. The lowest BCUT2D eigenvalue weighted by molar-refractivity contribution is -0.114. The molecule has 3 rings (SSSR count). The molecule has 0 unspecified atom stereocenters. The van der Waals surface area contributed by atoms with Gasteiger partial charge in [-0.15, -0.1) is 0 Å². The summed E-state index contributed by atoms with van der Waals surface area (Å²) in [6.45, 7) is 3.54. The summed E-state index contributed by atoms with van der Waals surface area (Å²) in [5, 5.41) is 2.77. The molecule has 150 valence electrons. The molecule has 6 heteroatoms. The van der Waals surface area contributed by atoms with Crippen molar-refractivity contribution in [1.29, 1.82) is 0 Å². The van der Waals surface area contributed by atoms with E-state index in [-0.39, 0.29) is 11.4 Å². The van der Waals surface area contributed by atoms with Gasteiger partial charge in [-0.05, 0) is 49.2 Å². The van der Waals surface area contributed by atoms with Crippen molar-refractivity contribution in [2.75, 3.05) is 16.2 Å². The second kappa shape index (κ2) is 8.92. The maximum atomic E-state index is 13.4. The van der Waals surface area contributed by atoms with E-state index in [9.17, 15) is 13.2 Å². The van der Waals surface area contributed by atoms with Crippen LogP contribution in [-0.4, -0.2) is 20.9 Å². The van der Waals surface area contributed by atoms with Gasteiger partial charge in [-0.2, -0.15) is 0 Å². The minimum atomic E-state index is -3.92. The first-order chi connectivity index (χ1) is 13.9. The Morgan fingerprint density at radius 1 is 0.897 bits per heavy atom. The highest BCUT2D eigenvalue weighted by Crippen LogP contribution is 2.27. The molecule has 3 aromatic carbocycles. The standard InChI is InChI=1S/C23H24N2O3S/c1-3-19-9-7-8-12-22(19)25(17-23(26)24-20-10-5-4-6-11-20)29(27,28)21-15-13-18(2)14-16-21/h4-16H,3,17H2,1-2H3,(H,24,26). The molecule has 0 fully saturated rings. The number of rotatable bonds is 7. The van der Waals surface area contributed by atoms with Gasteiger partial charge in [0.25, 0.3) is 10.0 Å². The highest BCUT2D eigenvalue weighted by molar-refractivity contribution is 7.92. The average Bonchev–Trinajstić information content (AvgIpc) is 2.73. The Labute approximate surface area is 172 Å². The van der Waals surface area contributed by atoms with Crippen LogP contribution in [0.15, 0.2) is 83.8 Å². The minimum absolute atomic E-state index is 0.154. The monoisotopic (exact) mass is 408 g/mol. The van der Waals surface area contributed by atoms with Gasteiger partial charge >= 0.3 is 0 Å². The first-order valence-corrected chi connectivity index (χ1v) is 10.9. The van der Waals surface area contributed by atoms with Crippen LogP contribution in [0.25, 0.3) is 0 Å². The third kappa shape index (κ3) is 4.84. The zero-order chi connectivity index (χ0) is 20.9. The van der Waals surface area contributed by atoms with Gasteiger partial charge in [-0.3, -0.25) is 9.10 Å². The number of amides is 1. The highest BCUT2D eigenvalue weighted by atomic mass is 32.2. The lowest BCUT2D eigenvalue weighted by Crippen LogP contribution is -2.38. The number of benzene rings is 3. The van der Waals surface area contributed by atoms with Crippen LogP contribution in [0.1, 0.15) is 18.1 Å². The Hall–Kier alpha value is -3.12. The van der Waals surface area contributed by atoms with Gasteiger partial charge in [0.15, 0.2) is 0 Å². The van der Waals surface area contributed by atoms with Crippen LogP contribution in [0, 0.1) is 6.92 Å². The molecule has 3 aromatic rings. The topological polar surface area (TPSA) is 66.5 Å². The van der Waals surface area contributed by atoms with Crippen LogP contribution >= 0.6 is 0 Å². The molecule has 0 aliphatic carbocycles. The predicted molar refractivity (Wildman–Crippen MR) is 117 cm³/mol. The quantitative estimate of drug-likeness (QED) is 0.630. The van der Waals surface area contributed by atoms with Gasteiger partial charge < -0.3 is 5.32 Å². The third-order valence-electron chi connectivity index (χ3n) is 4.59.